The minimum absolute atomic E-state index is 0.149. The zero-order chi connectivity index (χ0) is 15.7. The van der Waals surface area contributed by atoms with Crippen LogP contribution in [0.1, 0.15) is 53.3 Å². The van der Waals surface area contributed by atoms with E-state index in [1.807, 2.05) is 0 Å². The van der Waals surface area contributed by atoms with E-state index in [-0.39, 0.29) is 11.1 Å². The monoisotopic (exact) mass is 294 g/mol. The van der Waals surface area contributed by atoms with Gasteiger partial charge < -0.3 is 14.2 Å². The van der Waals surface area contributed by atoms with Crippen molar-refractivity contribution < 1.29 is 23.8 Å². The molecule has 5 heteroatoms. The normalized spacial score (nSPS) is 10.0. The molecule has 1 rings (SSSR count). The molecule has 0 aliphatic heterocycles. The Morgan fingerprint density at radius 1 is 0.952 bits per heavy atom. The molecule has 0 amide bonds. The molecular weight excluding hydrogens is 272 g/mol. The Morgan fingerprint density at radius 2 is 1.62 bits per heavy atom. The Morgan fingerprint density at radius 3 is 2.24 bits per heavy atom. The molecular formula is C16H22O5. The third-order valence-electron chi connectivity index (χ3n) is 3.07. The summed E-state index contributed by atoms with van der Waals surface area (Å²) in [6.07, 6.45) is 4.42. The number of hydrogen-bond donors (Lipinski definition) is 0. The predicted octanol–water partition coefficient (Wildman–Crippen LogP) is 3.22. The van der Waals surface area contributed by atoms with Crippen LogP contribution in [0.3, 0.4) is 0 Å². The van der Waals surface area contributed by atoms with Gasteiger partial charge in [-0.2, -0.15) is 0 Å². The summed E-state index contributed by atoms with van der Waals surface area (Å²) in [5.74, 6) is -0.628. The number of ether oxygens (including phenoxy) is 3. The van der Waals surface area contributed by atoms with Gasteiger partial charge in [0.05, 0.1) is 32.0 Å². The smallest absolute Gasteiger partial charge is 0.338 e. The third-order valence-corrected chi connectivity index (χ3v) is 3.07. The third kappa shape index (κ3) is 5.10. The van der Waals surface area contributed by atoms with Crippen LogP contribution in [0.15, 0.2) is 18.2 Å². The van der Waals surface area contributed by atoms with Crippen molar-refractivity contribution >= 4 is 11.9 Å². The van der Waals surface area contributed by atoms with Gasteiger partial charge in [0.2, 0.25) is 0 Å². The van der Waals surface area contributed by atoms with E-state index in [0.717, 1.165) is 12.8 Å². The van der Waals surface area contributed by atoms with Gasteiger partial charge in [-0.05, 0) is 24.6 Å². The Labute approximate surface area is 125 Å². The van der Waals surface area contributed by atoms with Gasteiger partial charge in [-0.1, -0.05) is 26.2 Å². The minimum Gasteiger partial charge on any atom is -0.494 e. The van der Waals surface area contributed by atoms with Crippen molar-refractivity contribution in [2.45, 2.75) is 32.6 Å². The highest BCUT2D eigenvalue weighted by Gasteiger charge is 2.19. The summed E-state index contributed by atoms with van der Waals surface area (Å²) in [5, 5.41) is 0. The molecule has 0 saturated heterocycles. The lowest BCUT2D eigenvalue weighted by molar-refractivity contribution is 0.0555. The predicted molar refractivity (Wildman–Crippen MR) is 78.8 cm³/mol. The number of carbonyl (C=O) groups is 2. The van der Waals surface area contributed by atoms with Crippen molar-refractivity contribution in [1.82, 2.24) is 0 Å². The quantitative estimate of drug-likeness (QED) is 0.544. The number of carbonyl (C=O) groups excluding carboxylic acids is 2. The van der Waals surface area contributed by atoms with Gasteiger partial charge in [0, 0.05) is 0 Å². The number of unbranched alkanes of at least 4 members (excludes halogenated alkanes) is 3. The molecule has 0 saturated carbocycles. The molecule has 0 aliphatic carbocycles. The molecule has 0 spiro atoms. The Bertz CT molecular complexity index is 482. The zero-order valence-electron chi connectivity index (χ0n) is 12.8. The van der Waals surface area contributed by atoms with Crippen molar-refractivity contribution in [3.63, 3.8) is 0 Å². The topological polar surface area (TPSA) is 61.8 Å². The highest BCUT2D eigenvalue weighted by Crippen LogP contribution is 2.20. The maximum Gasteiger partial charge on any atom is 0.338 e. The first kappa shape index (κ1) is 17.0. The first-order valence-corrected chi connectivity index (χ1v) is 7.07. The van der Waals surface area contributed by atoms with Crippen molar-refractivity contribution in [1.29, 1.82) is 0 Å². The first-order valence-electron chi connectivity index (χ1n) is 7.07. The minimum atomic E-state index is -0.591. The van der Waals surface area contributed by atoms with Gasteiger partial charge in [-0.25, -0.2) is 9.59 Å². The molecule has 0 aliphatic rings. The maximum absolute atomic E-state index is 11.7. The van der Waals surface area contributed by atoms with E-state index in [1.165, 1.54) is 39.2 Å². The molecule has 116 valence electrons. The summed E-state index contributed by atoms with van der Waals surface area (Å²) >= 11 is 0. The summed E-state index contributed by atoms with van der Waals surface area (Å²) in [5.41, 5.74) is 0.318. The lowest BCUT2D eigenvalue weighted by atomic mass is 10.1. The molecule has 0 heterocycles. The SMILES string of the molecule is CCCCCCOc1ccc(C(=O)OC)c(C(=O)OC)c1. The van der Waals surface area contributed by atoms with E-state index in [2.05, 4.69) is 16.4 Å². The highest BCUT2D eigenvalue weighted by molar-refractivity contribution is 6.03. The molecule has 0 radical (unpaired) electrons. The van der Waals surface area contributed by atoms with E-state index < -0.39 is 11.9 Å². The van der Waals surface area contributed by atoms with Crippen LogP contribution in [-0.4, -0.2) is 32.8 Å². The summed E-state index contributed by atoms with van der Waals surface area (Å²) < 4.78 is 14.9. The van der Waals surface area contributed by atoms with Crippen LogP contribution in [0.4, 0.5) is 0 Å². The molecule has 0 unspecified atom stereocenters. The van der Waals surface area contributed by atoms with E-state index in [9.17, 15) is 9.59 Å². The largest absolute Gasteiger partial charge is 0.494 e. The molecule has 0 fully saturated rings. The average molecular weight is 294 g/mol. The summed E-state index contributed by atoms with van der Waals surface area (Å²) in [4.78, 5) is 23.4. The van der Waals surface area contributed by atoms with Crippen molar-refractivity contribution in [3.8, 4) is 5.75 Å². The summed E-state index contributed by atoms with van der Waals surface area (Å²) in [7, 11) is 2.53. The van der Waals surface area contributed by atoms with Gasteiger partial charge in [-0.3, -0.25) is 0 Å². The molecule has 0 atom stereocenters. The van der Waals surface area contributed by atoms with E-state index in [0.29, 0.717) is 12.4 Å². The van der Waals surface area contributed by atoms with Crippen LogP contribution < -0.4 is 4.74 Å². The molecule has 1 aromatic carbocycles. The van der Waals surface area contributed by atoms with Gasteiger partial charge in [0.1, 0.15) is 5.75 Å². The maximum atomic E-state index is 11.7. The van der Waals surface area contributed by atoms with Crippen molar-refractivity contribution in [2.24, 2.45) is 0 Å². The molecule has 0 bridgehead atoms. The molecule has 1 aromatic rings. The van der Waals surface area contributed by atoms with Crippen LogP contribution in [0.2, 0.25) is 0 Å². The van der Waals surface area contributed by atoms with E-state index in [1.54, 1.807) is 6.07 Å². The standard InChI is InChI=1S/C16H22O5/c1-4-5-6-7-10-21-12-8-9-13(15(17)19-2)14(11-12)16(18)20-3/h8-9,11H,4-7,10H2,1-3H3. The summed E-state index contributed by atoms with van der Waals surface area (Å²) in [6.45, 7) is 2.73. The van der Waals surface area contributed by atoms with Crippen molar-refractivity contribution in [2.75, 3.05) is 20.8 Å². The number of rotatable bonds is 8. The van der Waals surface area contributed by atoms with Gasteiger partial charge >= 0.3 is 11.9 Å². The Kier molecular flexibility index (Phi) is 7.29. The molecule has 5 nitrogen and oxygen atoms in total. The number of benzene rings is 1. The second-order valence-electron chi connectivity index (χ2n) is 4.60. The fourth-order valence-corrected chi connectivity index (χ4v) is 1.90. The Hall–Kier alpha value is -2.04. The Balaban J connectivity index is 2.79. The zero-order valence-corrected chi connectivity index (χ0v) is 12.8. The van der Waals surface area contributed by atoms with Crippen LogP contribution in [0.5, 0.6) is 5.75 Å². The van der Waals surface area contributed by atoms with Gasteiger partial charge in [0.15, 0.2) is 0 Å². The second kappa shape index (κ2) is 9.00. The fourth-order valence-electron chi connectivity index (χ4n) is 1.90. The molecule has 0 N–H and O–H groups in total. The lowest BCUT2D eigenvalue weighted by Crippen LogP contribution is -2.12. The molecule has 0 aromatic heterocycles. The van der Waals surface area contributed by atoms with E-state index >= 15 is 0 Å². The molecule has 21 heavy (non-hydrogen) atoms. The number of esters is 2. The van der Waals surface area contributed by atoms with Crippen LogP contribution in [0, 0.1) is 0 Å². The summed E-state index contributed by atoms with van der Waals surface area (Å²) in [6, 6.07) is 4.68. The number of methoxy groups -OCH3 is 2. The average Bonchev–Trinajstić information content (AvgIpc) is 2.53. The highest BCUT2D eigenvalue weighted by atomic mass is 16.5. The van der Waals surface area contributed by atoms with Gasteiger partial charge in [0.25, 0.3) is 0 Å². The van der Waals surface area contributed by atoms with Crippen molar-refractivity contribution in [3.05, 3.63) is 29.3 Å². The van der Waals surface area contributed by atoms with Crippen LogP contribution in [0.25, 0.3) is 0 Å². The fraction of sp³-hybridized carbons (Fsp3) is 0.500. The first-order chi connectivity index (χ1) is 10.1. The van der Waals surface area contributed by atoms with Crippen LogP contribution >= 0.6 is 0 Å². The lowest BCUT2D eigenvalue weighted by Gasteiger charge is -2.10. The second-order valence-corrected chi connectivity index (χ2v) is 4.60. The number of hydrogen-bond acceptors (Lipinski definition) is 5. The van der Waals surface area contributed by atoms with E-state index in [4.69, 9.17) is 4.74 Å². The van der Waals surface area contributed by atoms with Gasteiger partial charge in [-0.15, -0.1) is 0 Å². The van der Waals surface area contributed by atoms with Crippen LogP contribution in [-0.2, 0) is 9.47 Å².